The van der Waals surface area contributed by atoms with E-state index in [1.807, 2.05) is 10.9 Å². The second kappa shape index (κ2) is 5.83. The zero-order valence-corrected chi connectivity index (χ0v) is 11.4. The Morgan fingerprint density at radius 3 is 2.67 bits per heavy atom. The third-order valence-corrected chi connectivity index (χ3v) is 3.16. The Morgan fingerprint density at radius 2 is 2.00 bits per heavy atom. The van der Waals surface area contributed by atoms with Crippen molar-refractivity contribution in [3.63, 3.8) is 0 Å². The summed E-state index contributed by atoms with van der Waals surface area (Å²) in [5.41, 5.74) is 4.02. The number of benzene rings is 1. The van der Waals surface area contributed by atoms with Gasteiger partial charge in [-0.25, -0.2) is 0 Å². The largest absolute Gasteiger partial charge is 0.298 e. The fourth-order valence-electron chi connectivity index (χ4n) is 2.11. The molecule has 2 rings (SSSR count). The second-order valence-corrected chi connectivity index (χ2v) is 4.80. The van der Waals surface area contributed by atoms with Gasteiger partial charge in [0, 0.05) is 31.4 Å². The van der Waals surface area contributed by atoms with E-state index in [4.69, 9.17) is 0 Å². The number of hydrogen-bond acceptors (Lipinski definition) is 2. The van der Waals surface area contributed by atoms with E-state index in [2.05, 4.69) is 61.4 Å². The molecule has 0 saturated carbocycles. The van der Waals surface area contributed by atoms with Crippen LogP contribution in [-0.2, 0) is 19.6 Å². The summed E-state index contributed by atoms with van der Waals surface area (Å²) in [7, 11) is 2.15. The van der Waals surface area contributed by atoms with Crippen LogP contribution < -0.4 is 0 Å². The molecular weight excluding hydrogens is 222 g/mol. The topological polar surface area (TPSA) is 21.1 Å². The lowest BCUT2D eigenvalue weighted by molar-refractivity contribution is 0.318. The predicted octanol–water partition coefficient (Wildman–Crippen LogP) is 2.84. The molecule has 0 N–H and O–H groups in total. The van der Waals surface area contributed by atoms with Gasteiger partial charge in [-0.3, -0.25) is 9.58 Å². The van der Waals surface area contributed by atoms with Gasteiger partial charge in [0.25, 0.3) is 0 Å². The monoisotopic (exact) mass is 243 g/mol. The highest BCUT2D eigenvalue weighted by Gasteiger charge is 2.05. The Kier molecular flexibility index (Phi) is 4.15. The van der Waals surface area contributed by atoms with Crippen molar-refractivity contribution in [3.05, 3.63) is 53.3 Å². The number of hydrogen-bond donors (Lipinski definition) is 0. The predicted molar refractivity (Wildman–Crippen MR) is 74.3 cm³/mol. The van der Waals surface area contributed by atoms with E-state index in [0.29, 0.717) is 0 Å². The van der Waals surface area contributed by atoms with Gasteiger partial charge in [0.1, 0.15) is 0 Å². The smallest absolute Gasteiger partial charge is 0.0534 e. The number of rotatable bonds is 5. The Morgan fingerprint density at radius 1 is 1.22 bits per heavy atom. The third kappa shape index (κ3) is 3.20. The van der Waals surface area contributed by atoms with E-state index < -0.39 is 0 Å². The first-order valence-corrected chi connectivity index (χ1v) is 6.43. The van der Waals surface area contributed by atoms with E-state index >= 15 is 0 Å². The average Bonchev–Trinajstić information content (AvgIpc) is 2.80. The molecule has 2 aromatic rings. The van der Waals surface area contributed by atoms with Crippen LogP contribution in [0.5, 0.6) is 0 Å². The molecule has 1 aromatic carbocycles. The van der Waals surface area contributed by atoms with E-state index in [1.165, 1.54) is 16.7 Å². The van der Waals surface area contributed by atoms with Gasteiger partial charge < -0.3 is 0 Å². The molecule has 0 aliphatic carbocycles. The van der Waals surface area contributed by atoms with Gasteiger partial charge in [-0.1, -0.05) is 24.3 Å². The minimum Gasteiger partial charge on any atom is -0.298 e. The van der Waals surface area contributed by atoms with Crippen molar-refractivity contribution in [2.24, 2.45) is 0 Å². The van der Waals surface area contributed by atoms with Gasteiger partial charge in [-0.15, -0.1) is 0 Å². The zero-order chi connectivity index (χ0) is 13.0. The highest BCUT2D eigenvalue weighted by Crippen LogP contribution is 2.11. The minimum absolute atomic E-state index is 0.932. The fraction of sp³-hybridized carbons (Fsp3) is 0.400. The van der Waals surface area contributed by atoms with Crippen LogP contribution in [0.1, 0.15) is 23.6 Å². The molecule has 0 bridgehead atoms. The van der Waals surface area contributed by atoms with Crippen molar-refractivity contribution in [2.75, 3.05) is 7.05 Å². The Labute approximate surface area is 109 Å². The van der Waals surface area contributed by atoms with Crippen LogP contribution in [0.15, 0.2) is 36.7 Å². The van der Waals surface area contributed by atoms with Crippen LogP contribution in [0.25, 0.3) is 0 Å². The summed E-state index contributed by atoms with van der Waals surface area (Å²) < 4.78 is 1.97. The van der Waals surface area contributed by atoms with Crippen molar-refractivity contribution in [3.8, 4) is 0 Å². The Bertz CT molecular complexity index is 502. The molecule has 0 aliphatic heterocycles. The first kappa shape index (κ1) is 12.8. The molecule has 0 fully saturated rings. The zero-order valence-electron chi connectivity index (χ0n) is 11.4. The standard InChI is InChI=1S/C15H21N3/c1-4-18-11-14(9-16-18)10-17(3)12-15-8-6-5-7-13(15)2/h5-9,11H,4,10,12H2,1-3H3. The van der Waals surface area contributed by atoms with Gasteiger partial charge in [0.05, 0.1) is 6.20 Å². The minimum atomic E-state index is 0.932. The van der Waals surface area contributed by atoms with Crippen molar-refractivity contribution in [1.82, 2.24) is 14.7 Å². The molecule has 0 unspecified atom stereocenters. The number of aromatic nitrogens is 2. The van der Waals surface area contributed by atoms with Crippen molar-refractivity contribution >= 4 is 0 Å². The molecule has 0 spiro atoms. The highest BCUT2D eigenvalue weighted by molar-refractivity contribution is 5.25. The molecule has 0 aliphatic rings. The lowest BCUT2D eigenvalue weighted by Gasteiger charge is -2.17. The van der Waals surface area contributed by atoms with E-state index in [0.717, 1.165) is 19.6 Å². The molecule has 1 heterocycles. The van der Waals surface area contributed by atoms with Crippen LogP contribution in [0.2, 0.25) is 0 Å². The molecule has 3 nitrogen and oxygen atoms in total. The van der Waals surface area contributed by atoms with Gasteiger partial charge >= 0.3 is 0 Å². The molecule has 3 heteroatoms. The summed E-state index contributed by atoms with van der Waals surface area (Å²) in [6, 6.07) is 8.55. The maximum absolute atomic E-state index is 4.30. The second-order valence-electron chi connectivity index (χ2n) is 4.80. The highest BCUT2D eigenvalue weighted by atomic mass is 15.3. The van der Waals surface area contributed by atoms with Gasteiger partial charge in [-0.05, 0) is 32.0 Å². The Balaban J connectivity index is 1.96. The molecule has 0 radical (unpaired) electrons. The molecule has 1 aromatic heterocycles. The fourth-order valence-corrected chi connectivity index (χ4v) is 2.11. The molecule has 18 heavy (non-hydrogen) atoms. The van der Waals surface area contributed by atoms with Crippen LogP contribution >= 0.6 is 0 Å². The number of aryl methyl sites for hydroxylation is 2. The maximum Gasteiger partial charge on any atom is 0.0534 e. The summed E-state index contributed by atoms with van der Waals surface area (Å²) in [5, 5.41) is 4.30. The molecule has 0 saturated heterocycles. The lowest BCUT2D eigenvalue weighted by atomic mass is 10.1. The first-order chi connectivity index (χ1) is 8.69. The summed E-state index contributed by atoms with van der Waals surface area (Å²) in [6.07, 6.45) is 4.08. The van der Waals surface area contributed by atoms with Crippen LogP contribution in [0.3, 0.4) is 0 Å². The third-order valence-electron chi connectivity index (χ3n) is 3.16. The summed E-state index contributed by atoms with van der Waals surface area (Å²) in [4.78, 5) is 2.32. The summed E-state index contributed by atoms with van der Waals surface area (Å²) in [5.74, 6) is 0. The summed E-state index contributed by atoms with van der Waals surface area (Å²) in [6.45, 7) is 7.12. The molecular formula is C15H21N3. The maximum atomic E-state index is 4.30. The van der Waals surface area contributed by atoms with Crippen molar-refractivity contribution < 1.29 is 0 Å². The quantitative estimate of drug-likeness (QED) is 0.805. The van der Waals surface area contributed by atoms with Gasteiger partial charge in [0.15, 0.2) is 0 Å². The SMILES string of the molecule is CCn1cc(CN(C)Cc2ccccc2C)cn1. The van der Waals surface area contributed by atoms with Crippen LogP contribution in [-0.4, -0.2) is 21.7 Å². The van der Waals surface area contributed by atoms with Crippen molar-refractivity contribution in [1.29, 1.82) is 0 Å². The van der Waals surface area contributed by atoms with Gasteiger partial charge in [-0.2, -0.15) is 5.10 Å². The first-order valence-electron chi connectivity index (χ1n) is 6.43. The van der Waals surface area contributed by atoms with Crippen LogP contribution in [0.4, 0.5) is 0 Å². The van der Waals surface area contributed by atoms with Crippen molar-refractivity contribution in [2.45, 2.75) is 33.5 Å². The normalized spacial score (nSPS) is 11.1. The van der Waals surface area contributed by atoms with Crippen LogP contribution in [0, 0.1) is 6.92 Å². The Hall–Kier alpha value is -1.61. The number of nitrogens with zero attached hydrogens (tertiary/aromatic N) is 3. The molecule has 0 amide bonds. The average molecular weight is 243 g/mol. The van der Waals surface area contributed by atoms with E-state index in [9.17, 15) is 0 Å². The van der Waals surface area contributed by atoms with E-state index in [-0.39, 0.29) is 0 Å². The van der Waals surface area contributed by atoms with Gasteiger partial charge in [0.2, 0.25) is 0 Å². The molecule has 0 atom stereocenters. The van der Waals surface area contributed by atoms with E-state index in [1.54, 1.807) is 0 Å². The lowest BCUT2D eigenvalue weighted by Crippen LogP contribution is -2.17. The molecule has 96 valence electrons. The summed E-state index contributed by atoms with van der Waals surface area (Å²) >= 11 is 0.